The van der Waals surface area contributed by atoms with E-state index in [0.29, 0.717) is 24.0 Å². The van der Waals surface area contributed by atoms with Gasteiger partial charge < -0.3 is 9.47 Å². The van der Waals surface area contributed by atoms with Gasteiger partial charge in [-0.05, 0) is 24.0 Å². The maximum Gasteiger partial charge on any atom is 0.335 e. The van der Waals surface area contributed by atoms with Crippen molar-refractivity contribution in [2.75, 3.05) is 0 Å². The van der Waals surface area contributed by atoms with Crippen LogP contribution < -0.4 is 0 Å². The molecule has 0 saturated heterocycles. The van der Waals surface area contributed by atoms with Crippen LogP contribution in [-0.2, 0) is 19.1 Å². The molecule has 0 unspecified atom stereocenters. The molecule has 0 aliphatic carbocycles. The van der Waals surface area contributed by atoms with Crippen LogP contribution in [0.5, 0.6) is 0 Å². The lowest BCUT2D eigenvalue weighted by Crippen LogP contribution is -2.09. The third-order valence-corrected chi connectivity index (χ3v) is 5.61. The second kappa shape index (κ2) is 8.70. The highest BCUT2D eigenvalue weighted by atomic mass is 16.6. The molecular weight excluding hydrogens is 376 g/mol. The second-order valence-corrected chi connectivity index (χ2v) is 7.68. The van der Waals surface area contributed by atoms with E-state index < -0.39 is 12.2 Å². The van der Waals surface area contributed by atoms with E-state index >= 15 is 0 Å². The Morgan fingerprint density at radius 3 is 1.33 bits per heavy atom. The number of hydrogen-bond acceptors (Lipinski definition) is 4. The number of rotatable bonds is 7. The van der Waals surface area contributed by atoms with Gasteiger partial charge >= 0.3 is 11.9 Å². The standard InChI is InChI=1S/C26H26O4/c1-3-11-19-21(23(29-25(19)27)17-13-7-5-8-14-17)22-20(12-4-2)26(28)30-24(22)18-15-9-6-10-16-18/h5-10,13-16,23-24H,3-4,11-12H2,1-2H3/t23-,24+. The van der Waals surface area contributed by atoms with Crippen LogP contribution in [0, 0.1) is 0 Å². The Kier molecular flexibility index (Phi) is 5.84. The molecule has 154 valence electrons. The molecule has 0 fully saturated rings. The summed E-state index contributed by atoms with van der Waals surface area (Å²) < 4.78 is 11.7. The van der Waals surface area contributed by atoms with Crippen LogP contribution in [0.3, 0.4) is 0 Å². The van der Waals surface area contributed by atoms with Crippen LogP contribution in [-0.4, -0.2) is 11.9 Å². The van der Waals surface area contributed by atoms with E-state index in [-0.39, 0.29) is 11.9 Å². The molecule has 4 heteroatoms. The van der Waals surface area contributed by atoms with Crippen molar-refractivity contribution in [1.29, 1.82) is 0 Å². The zero-order valence-corrected chi connectivity index (χ0v) is 17.4. The van der Waals surface area contributed by atoms with Crippen molar-refractivity contribution < 1.29 is 19.1 Å². The number of carbonyl (C=O) groups is 2. The van der Waals surface area contributed by atoms with Crippen LogP contribution in [0.15, 0.2) is 83.0 Å². The maximum absolute atomic E-state index is 12.9. The number of hydrogen-bond donors (Lipinski definition) is 0. The predicted molar refractivity (Wildman–Crippen MR) is 114 cm³/mol. The maximum atomic E-state index is 12.9. The topological polar surface area (TPSA) is 52.6 Å². The third kappa shape index (κ3) is 3.58. The monoisotopic (exact) mass is 402 g/mol. The molecule has 2 aromatic rings. The van der Waals surface area contributed by atoms with Crippen molar-refractivity contribution in [2.45, 2.75) is 51.7 Å². The van der Waals surface area contributed by atoms with E-state index in [1.807, 2.05) is 74.5 Å². The summed E-state index contributed by atoms with van der Waals surface area (Å²) in [6, 6.07) is 19.5. The van der Waals surface area contributed by atoms with Crippen LogP contribution in [0.1, 0.15) is 62.9 Å². The fourth-order valence-corrected chi connectivity index (χ4v) is 4.32. The fourth-order valence-electron chi connectivity index (χ4n) is 4.32. The number of cyclic esters (lactones) is 2. The first-order chi connectivity index (χ1) is 14.7. The van der Waals surface area contributed by atoms with Gasteiger partial charge in [-0.3, -0.25) is 0 Å². The zero-order chi connectivity index (χ0) is 21.1. The first kappa shape index (κ1) is 20.1. The molecular formula is C26H26O4. The van der Waals surface area contributed by atoms with Crippen LogP contribution in [0.2, 0.25) is 0 Å². The highest BCUT2D eigenvalue weighted by Crippen LogP contribution is 2.50. The van der Waals surface area contributed by atoms with Crippen molar-refractivity contribution in [1.82, 2.24) is 0 Å². The molecule has 0 saturated carbocycles. The van der Waals surface area contributed by atoms with E-state index in [9.17, 15) is 9.59 Å². The van der Waals surface area contributed by atoms with Gasteiger partial charge in [0.05, 0.1) is 0 Å². The highest BCUT2D eigenvalue weighted by Gasteiger charge is 2.44. The summed E-state index contributed by atoms with van der Waals surface area (Å²) >= 11 is 0. The molecule has 2 atom stereocenters. The number of carbonyl (C=O) groups excluding carboxylic acids is 2. The Morgan fingerprint density at radius 1 is 0.633 bits per heavy atom. The smallest absolute Gasteiger partial charge is 0.335 e. The lowest BCUT2D eigenvalue weighted by molar-refractivity contribution is -0.141. The van der Waals surface area contributed by atoms with Gasteiger partial charge in [-0.25, -0.2) is 9.59 Å². The molecule has 4 rings (SSSR count). The SMILES string of the molecule is CCCC1=C(C2=C(CCC)C(=O)O[C@@H]2c2ccccc2)[C@H](c2ccccc2)OC1=O. The van der Waals surface area contributed by atoms with Gasteiger partial charge in [0.15, 0.2) is 12.2 Å². The number of benzene rings is 2. The fraction of sp³-hybridized carbons (Fsp3) is 0.308. The Labute approximate surface area is 177 Å². The molecule has 0 spiro atoms. The molecule has 2 heterocycles. The zero-order valence-electron chi connectivity index (χ0n) is 17.4. The van der Waals surface area contributed by atoms with E-state index in [1.165, 1.54) is 0 Å². The van der Waals surface area contributed by atoms with E-state index in [4.69, 9.17) is 9.47 Å². The van der Waals surface area contributed by atoms with E-state index in [0.717, 1.165) is 35.1 Å². The largest absolute Gasteiger partial charge is 0.449 e. The summed E-state index contributed by atoms with van der Waals surface area (Å²) in [5.41, 5.74) is 4.76. The summed E-state index contributed by atoms with van der Waals surface area (Å²) in [7, 11) is 0. The Bertz CT molecular complexity index is 918. The average molecular weight is 402 g/mol. The molecule has 0 N–H and O–H groups in total. The molecule has 2 aliphatic heterocycles. The van der Waals surface area contributed by atoms with Crippen molar-refractivity contribution in [3.63, 3.8) is 0 Å². The summed E-state index contributed by atoms with van der Waals surface area (Å²) in [6.45, 7) is 4.08. The van der Waals surface area contributed by atoms with Crippen LogP contribution in [0.25, 0.3) is 0 Å². The molecule has 0 bridgehead atoms. The minimum absolute atomic E-state index is 0.296. The molecule has 0 aromatic heterocycles. The minimum Gasteiger partial charge on any atom is -0.449 e. The lowest BCUT2D eigenvalue weighted by Gasteiger charge is -2.21. The molecule has 2 aromatic carbocycles. The normalized spacial score (nSPS) is 21.3. The van der Waals surface area contributed by atoms with Crippen LogP contribution in [0.4, 0.5) is 0 Å². The molecule has 2 aliphatic rings. The van der Waals surface area contributed by atoms with Gasteiger partial charge in [-0.1, -0.05) is 87.4 Å². The number of ether oxygens (including phenoxy) is 2. The molecule has 0 amide bonds. The summed E-state index contributed by atoms with van der Waals surface area (Å²) in [5, 5.41) is 0. The van der Waals surface area contributed by atoms with Gasteiger partial charge in [-0.2, -0.15) is 0 Å². The van der Waals surface area contributed by atoms with E-state index in [1.54, 1.807) is 0 Å². The van der Waals surface area contributed by atoms with Gasteiger partial charge in [-0.15, -0.1) is 0 Å². The predicted octanol–water partition coefficient (Wildman–Crippen LogP) is 5.78. The first-order valence-electron chi connectivity index (χ1n) is 10.6. The van der Waals surface area contributed by atoms with Gasteiger partial charge in [0.2, 0.25) is 0 Å². The number of esters is 2. The summed E-state index contributed by atoms with van der Waals surface area (Å²) in [4.78, 5) is 25.8. The Hall–Kier alpha value is -3.14. The van der Waals surface area contributed by atoms with Crippen molar-refractivity contribution >= 4 is 11.9 Å². The summed E-state index contributed by atoms with van der Waals surface area (Å²) in [5.74, 6) is -0.592. The van der Waals surface area contributed by atoms with E-state index in [2.05, 4.69) is 0 Å². The third-order valence-electron chi connectivity index (χ3n) is 5.61. The van der Waals surface area contributed by atoms with Crippen molar-refractivity contribution in [2.24, 2.45) is 0 Å². The molecule has 30 heavy (non-hydrogen) atoms. The second-order valence-electron chi connectivity index (χ2n) is 7.68. The molecule has 0 radical (unpaired) electrons. The highest BCUT2D eigenvalue weighted by molar-refractivity contribution is 5.98. The van der Waals surface area contributed by atoms with Crippen molar-refractivity contribution in [3.8, 4) is 0 Å². The quantitative estimate of drug-likeness (QED) is 0.551. The first-order valence-corrected chi connectivity index (χ1v) is 10.6. The summed E-state index contributed by atoms with van der Waals surface area (Å²) in [6.07, 6.45) is 1.80. The molecule has 4 nitrogen and oxygen atoms in total. The van der Waals surface area contributed by atoms with Crippen molar-refractivity contribution in [3.05, 3.63) is 94.1 Å². The van der Waals surface area contributed by atoms with Gasteiger partial charge in [0.1, 0.15) is 0 Å². The van der Waals surface area contributed by atoms with Gasteiger partial charge in [0.25, 0.3) is 0 Å². The Morgan fingerprint density at radius 2 is 1.00 bits per heavy atom. The Balaban J connectivity index is 1.93. The minimum atomic E-state index is -0.525. The van der Waals surface area contributed by atoms with Crippen LogP contribution >= 0.6 is 0 Å². The average Bonchev–Trinajstić information content (AvgIpc) is 3.27. The lowest BCUT2D eigenvalue weighted by atomic mass is 9.84. The van der Waals surface area contributed by atoms with Gasteiger partial charge in [0, 0.05) is 22.3 Å².